The molecule has 0 unspecified atom stereocenters. The molecule has 0 atom stereocenters. The van der Waals surface area contributed by atoms with Crippen LogP contribution in [-0.2, 0) is 9.59 Å². The molecule has 6 nitrogen and oxygen atoms in total. The molecule has 0 radical (unpaired) electrons. The lowest BCUT2D eigenvalue weighted by molar-refractivity contribution is -0.120. The van der Waals surface area contributed by atoms with E-state index in [0.717, 1.165) is 0 Å². The molecule has 2 rings (SSSR count). The lowest BCUT2D eigenvalue weighted by Crippen LogP contribution is -2.36. The van der Waals surface area contributed by atoms with E-state index in [2.05, 4.69) is 5.32 Å². The number of amides is 2. The number of methoxy groups -OCH3 is 1. The lowest BCUT2D eigenvalue weighted by atomic mass is 10.1. The molecule has 0 heterocycles. The Hall–Kier alpha value is -3.15. The van der Waals surface area contributed by atoms with Crippen molar-refractivity contribution in [2.45, 2.75) is 13.8 Å². The number of Topliss-reactive ketones (excluding diaryl/α,β-unsaturated/α-hetero) is 1. The topological polar surface area (TPSA) is 75.7 Å². The summed E-state index contributed by atoms with van der Waals surface area (Å²) in [6, 6.07) is 13.6. The number of nitrogens with one attached hydrogen (secondary N) is 1. The van der Waals surface area contributed by atoms with E-state index >= 15 is 0 Å². The summed E-state index contributed by atoms with van der Waals surface area (Å²) in [5, 5.41) is 2.70. The molecular formula is C19H20N2O4. The lowest BCUT2D eigenvalue weighted by Gasteiger charge is -2.22. The van der Waals surface area contributed by atoms with Gasteiger partial charge >= 0.3 is 0 Å². The van der Waals surface area contributed by atoms with Crippen LogP contribution >= 0.6 is 0 Å². The molecule has 0 fully saturated rings. The molecule has 2 aromatic carbocycles. The summed E-state index contributed by atoms with van der Waals surface area (Å²) in [7, 11) is 1.50. The highest BCUT2D eigenvalue weighted by molar-refractivity contribution is 6.03. The van der Waals surface area contributed by atoms with Crippen LogP contribution in [0, 0.1) is 0 Å². The van der Waals surface area contributed by atoms with Crippen molar-refractivity contribution in [1.82, 2.24) is 0 Å². The van der Waals surface area contributed by atoms with Crippen LogP contribution in [0.5, 0.6) is 5.75 Å². The minimum Gasteiger partial charge on any atom is -0.495 e. The van der Waals surface area contributed by atoms with Gasteiger partial charge in [-0.25, -0.2) is 0 Å². The van der Waals surface area contributed by atoms with Crippen LogP contribution in [0.1, 0.15) is 24.2 Å². The smallest absolute Gasteiger partial charge is 0.244 e. The van der Waals surface area contributed by atoms with Gasteiger partial charge in [-0.2, -0.15) is 0 Å². The summed E-state index contributed by atoms with van der Waals surface area (Å²) in [5.74, 6) is -0.237. The number of hydrogen-bond donors (Lipinski definition) is 1. The first-order chi connectivity index (χ1) is 11.9. The van der Waals surface area contributed by atoms with Crippen LogP contribution in [-0.4, -0.2) is 31.3 Å². The van der Waals surface area contributed by atoms with Gasteiger partial charge in [0.25, 0.3) is 0 Å². The Morgan fingerprint density at radius 2 is 1.76 bits per heavy atom. The molecule has 2 amide bonds. The molecule has 6 heteroatoms. The van der Waals surface area contributed by atoms with Crippen LogP contribution in [0.4, 0.5) is 11.4 Å². The fourth-order valence-corrected chi connectivity index (χ4v) is 2.38. The number of benzene rings is 2. The molecule has 25 heavy (non-hydrogen) atoms. The molecule has 0 aliphatic carbocycles. The maximum absolute atomic E-state index is 12.4. The van der Waals surface area contributed by atoms with Gasteiger partial charge in [0, 0.05) is 18.2 Å². The minimum atomic E-state index is -0.373. The Morgan fingerprint density at radius 3 is 2.40 bits per heavy atom. The van der Waals surface area contributed by atoms with Crippen molar-refractivity contribution in [3.8, 4) is 5.75 Å². The van der Waals surface area contributed by atoms with Gasteiger partial charge < -0.3 is 10.1 Å². The predicted molar refractivity (Wildman–Crippen MR) is 96.1 cm³/mol. The van der Waals surface area contributed by atoms with Crippen LogP contribution in [0.2, 0.25) is 0 Å². The van der Waals surface area contributed by atoms with E-state index in [4.69, 9.17) is 4.74 Å². The molecular weight excluding hydrogens is 320 g/mol. The zero-order valence-electron chi connectivity index (χ0n) is 14.4. The fourth-order valence-electron chi connectivity index (χ4n) is 2.38. The van der Waals surface area contributed by atoms with Crippen molar-refractivity contribution in [3.05, 3.63) is 54.1 Å². The first-order valence-corrected chi connectivity index (χ1v) is 7.74. The molecule has 2 aromatic rings. The van der Waals surface area contributed by atoms with Crippen molar-refractivity contribution in [3.63, 3.8) is 0 Å². The highest BCUT2D eigenvalue weighted by Gasteiger charge is 2.19. The van der Waals surface area contributed by atoms with E-state index in [1.165, 1.54) is 25.9 Å². The van der Waals surface area contributed by atoms with Crippen LogP contribution in [0.3, 0.4) is 0 Å². The zero-order valence-corrected chi connectivity index (χ0v) is 14.4. The summed E-state index contributed by atoms with van der Waals surface area (Å²) in [5.41, 5.74) is 1.53. The summed E-state index contributed by atoms with van der Waals surface area (Å²) in [6.45, 7) is 2.68. The number of nitrogens with zero attached hydrogens (tertiary/aromatic N) is 1. The van der Waals surface area contributed by atoms with Gasteiger partial charge in [-0.05, 0) is 31.2 Å². The van der Waals surface area contributed by atoms with Crippen LogP contribution in [0.25, 0.3) is 0 Å². The summed E-state index contributed by atoms with van der Waals surface area (Å²) >= 11 is 0. The van der Waals surface area contributed by atoms with Crippen molar-refractivity contribution in [2.75, 3.05) is 23.9 Å². The summed E-state index contributed by atoms with van der Waals surface area (Å²) < 4.78 is 5.26. The number of ketones is 1. The molecule has 1 N–H and O–H groups in total. The largest absolute Gasteiger partial charge is 0.495 e. The van der Waals surface area contributed by atoms with Gasteiger partial charge in [-0.3, -0.25) is 19.3 Å². The summed E-state index contributed by atoms with van der Waals surface area (Å²) in [4.78, 5) is 37.1. The minimum absolute atomic E-state index is 0.0875. The maximum Gasteiger partial charge on any atom is 0.244 e. The van der Waals surface area contributed by atoms with E-state index in [1.54, 1.807) is 48.5 Å². The third kappa shape index (κ3) is 4.67. The normalized spacial score (nSPS) is 10.0. The molecule has 0 spiro atoms. The number of para-hydroxylation sites is 2. The molecule has 0 saturated heterocycles. The highest BCUT2D eigenvalue weighted by atomic mass is 16.5. The summed E-state index contributed by atoms with van der Waals surface area (Å²) in [6.07, 6.45) is 0. The first-order valence-electron chi connectivity index (χ1n) is 7.74. The van der Waals surface area contributed by atoms with Gasteiger partial charge in [0.2, 0.25) is 11.8 Å². The second-order valence-corrected chi connectivity index (χ2v) is 5.46. The third-order valence-electron chi connectivity index (χ3n) is 3.61. The number of carbonyl (C=O) groups is 3. The second kappa shape index (κ2) is 8.10. The number of hydrogen-bond acceptors (Lipinski definition) is 4. The quantitative estimate of drug-likeness (QED) is 0.821. The molecule has 0 aliphatic rings. The fraction of sp³-hybridized carbons (Fsp3) is 0.211. The number of rotatable bonds is 6. The van der Waals surface area contributed by atoms with E-state index in [1.807, 2.05) is 0 Å². The van der Waals surface area contributed by atoms with Crippen molar-refractivity contribution in [2.24, 2.45) is 0 Å². The monoisotopic (exact) mass is 340 g/mol. The highest BCUT2D eigenvalue weighted by Crippen LogP contribution is 2.27. The van der Waals surface area contributed by atoms with Crippen molar-refractivity contribution in [1.29, 1.82) is 0 Å². The van der Waals surface area contributed by atoms with Crippen LogP contribution in [0.15, 0.2) is 48.5 Å². The van der Waals surface area contributed by atoms with Crippen molar-refractivity contribution < 1.29 is 19.1 Å². The average Bonchev–Trinajstić information content (AvgIpc) is 2.59. The molecule has 0 aliphatic heterocycles. The standard InChI is InChI=1S/C19H20N2O4/c1-13(22)15-7-6-8-16(11-15)20-19(24)12-21(14(2)23)17-9-4-5-10-18(17)25-3/h4-11H,12H2,1-3H3,(H,20,24). The van der Waals surface area contributed by atoms with Gasteiger partial charge in [0.05, 0.1) is 12.8 Å². The predicted octanol–water partition coefficient (Wildman–Crippen LogP) is 2.89. The maximum atomic E-state index is 12.4. The molecule has 130 valence electrons. The zero-order chi connectivity index (χ0) is 18.4. The van der Waals surface area contributed by atoms with E-state index in [0.29, 0.717) is 22.7 Å². The number of ether oxygens (including phenoxy) is 1. The Bertz CT molecular complexity index is 802. The number of carbonyl (C=O) groups excluding carboxylic acids is 3. The second-order valence-electron chi connectivity index (χ2n) is 5.46. The third-order valence-corrected chi connectivity index (χ3v) is 3.61. The van der Waals surface area contributed by atoms with Crippen molar-refractivity contribution >= 4 is 29.0 Å². The Morgan fingerprint density at radius 1 is 1.04 bits per heavy atom. The number of anilines is 2. The van der Waals surface area contributed by atoms with E-state index in [-0.39, 0.29) is 24.1 Å². The molecule has 0 bridgehead atoms. The van der Waals surface area contributed by atoms with Gasteiger partial charge in [0.1, 0.15) is 12.3 Å². The average molecular weight is 340 g/mol. The van der Waals surface area contributed by atoms with Gasteiger partial charge in [0.15, 0.2) is 5.78 Å². The SMILES string of the molecule is COc1ccccc1N(CC(=O)Nc1cccc(C(C)=O)c1)C(C)=O. The molecule has 0 saturated carbocycles. The Kier molecular flexibility index (Phi) is 5.89. The molecule has 0 aromatic heterocycles. The Labute approximate surface area is 146 Å². The Balaban J connectivity index is 2.17. The van der Waals surface area contributed by atoms with Gasteiger partial charge in [-0.1, -0.05) is 24.3 Å². The van der Waals surface area contributed by atoms with E-state index < -0.39 is 0 Å². The van der Waals surface area contributed by atoms with E-state index in [9.17, 15) is 14.4 Å². The van der Waals surface area contributed by atoms with Gasteiger partial charge in [-0.15, -0.1) is 0 Å². The first kappa shape index (κ1) is 18.2. The van der Waals surface area contributed by atoms with Crippen LogP contribution < -0.4 is 15.0 Å².